The second kappa shape index (κ2) is 3.98. The van der Waals surface area contributed by atoms with E-state index in [4.69, 9.17) is 0 Å². The van der Waals surface area contributed by atoms with Crippen molar-refractivity contribution in [2.75, 3.05) is 0 Å². The second-order valence-electron chi connectivity index (χ2n) is 6.42. The van der Waals surface area contributed by atoms with Crippen molar-refractivity contribution in [1.82, 2.24) is 10.2 Å². The highest BCUT2D eigenvalue weighted by molar-refractivity contribution is 5.92. The van der Waals surface area contributed by atoms with Gasteiger partial charge < -0.3 is 4.90 Å². The summed E-state index contributed by atoms with van der Waals surface area (Å²) >= 11 is 0. The molecule has 1 heterocycles. The molecule has 2 aliphatic carbocycles. The summed E-state index contributed by atoms with van der Waals surface area (Å²) in [7, 11) is 0. The van der Waals surface area contributed by atoms with E-state index in [9.17, 15) is 4.79 Å². The minimum atomic E-state index is -0.133. The van der Waals surface area contributed by atoms with Crippen molar-refractivity contribution in [3.05, 3.63) is 0 Å². The first-order valence-electron chi connectivity index (χ1n) is 7.24. The Hall–Kier alpha value is -0.570. The van der Waals surface area contributed by atoms with Crippen molar-refractivity contribution in [1.29, 1.82) is 0 Å². The van der Waals surface area contributed by atoms with Crippen molar-refractivity contribution >= 4 is 5.91 Å². The number of carbonyl (C=O) groups excluding carboxylic acids is 1. The van der Waals surface area contributed by atoms with Gasteiger partial charge >= 0.3 is 0 Å². The number of hydrogen-bond acceptors (Lipinski definition) is 2. The lowest BCUT2D eigenvalue weighted by Crippen LogP contribution is -2.48. The van der Waals surface area contributed by atoms with Gasteiger partial charge in [-0.05, 0) is 31.6 Å². The molecule has 0 aromatic heterocycles. The fourth-order valence-electron chi connectivity index (χ4n) is 3.51. The van der Waals surface area contributed by atoms with Gasteiger partial charge in [0.15, 0.2) is 0 Å². The molecule has 0 aromatic rings. The summed E-state index contributed by atoms with van der Waals surface area (Å²) in [6.07, 6.45) is 8.77. The largest absolute Gasteiger partial charge is 0.322 e. The van der Waals surface area contributed by atoms with E-state index in [1.807, 2.05) is 0 Å². The Balaban J connectivity index is 1.81. The van der Waals surface area contributed by atoms with E-state index in [1.165, 1.54) is 32.1 Å². The highest BCUT2D eigenvalue weighted by Crippen LogP contribution is 2.45. The maximum atomic E-state index is 12.6. The van der Waals surface area contributed by atoms with Crippen LogP contribution in [0, 0.1) is 5.92 Å². The Morgan fingerprint density at radius 1 is 1.24 bits per heavy atom. The monoisotopic (exact) mass is 236 g/mol. The molecule has 3 heteroatoms. The zero-order chi connectivity index (χ0) is 12.0. The standard InChI is InChI=1S/C14H24N2O/c1-10(2)12-15-14(8-9-14)13(17)16(12)11-6-4-3-5-7-11/h10-12,15H,3-9H2,1-2H3. The van der Waals surface area contributed by atoms with Crippen LogP contribution in [0.1, 0.15) is 58.8 Å². The molecule has 1 saturated heterocycles. The third-order valence-electron chi connectivity index (χ3n) is 4.72. The van der Waals surface area contributed by atoms with Crippen LogP contribution in [0.2, 0.25) is 0 Å². The molecule has 0 aromatic carbocycles. The average Bonchev–Trinajstić information content (AvgIpc) is 3.03. The Kier molecular flexibility index (Phi) is 2.69. The number of rotatable bonds is 2. The summed E-state index contributed by atoms with van der Waals surface area (Å²) in [5, 5.41) is 3.61. The van der Waals surface area contributed by atoms with Gasteiger partial charge in [0, 0.05) is 6.04 Å². The molecule has 1 N–H and O–H groups in total. The molecule has 2 saturated carbocycles. The van der Waals surface area contributed by atoms with Crippen molar-refractivity contribution < 1.29 is 4.79 Å². The number of nitrogens with zero attached hydrogens (tertiary/aromatic N) is 1. The molecule has 1 spiro atoms. The predicted octanol–water partition coefficient (Wildman–Crippen LogP) is 2.27. The molecule has 3 rings (SSSR count). The number of hydrogen-bond donors (Lipinski definition) is 1. The lowest BCUT2D eigenvalue weighted by Gasteiger charge is -2.36. The molecule has 3 nitrogen and oxygen atoms in total. The summed E-state index contributed by atoms with van der Waals surface area (Å²) in [5.41, 5.74) is -0.133. The molecule has 3 aliphatic rings. The topological polar surface area (TPSA) is 32.3 Å². The van der Waals surface area contributed by atoms with E-state index in [0.29, 0.717) is 17.9 Å². The van der Waals surface area contributed by atoms with Crippen LogP contribution in [0.15, 0.2) is 0 Å². The van der Waals surface area contributed by atoms with Gasteiger partial charge in [-0.3, -0.25) is 10.1 Å². The van der Waals surface area contributed by atoms with Gasteiger partial charge in [-0.15, -0.1) is 0 Å². The Morgan fingerprint density at radius 3 is 2.41 bits per heavy atom. The molecular weight excluding hydrogens is 212 g/mol. The maximum Gasteiger partial charge on any atom is 0.244 e. The van der Waals surface area contributed by atoms with Crippen LogP contribution in [0.25, 0.3) is 0 Å². The van der Waals surface area contributed by atoms with Crippen LogP contribution in [-0.2, 0) is 4.79 Å². The van der Waals surface area contributed by atoms with Gasteiger partial charge in [0.2, 0.25) is 5.91 Å². The van der Waals surface area contributed by atoms with E-state index in [1.54, 1.807) is 0 Å². The molecule has 1 aliphatic heterocycles. The first-order chi connectivity index (χ1) is 8.14. The molecule has 0 bridgehead atoms. The van der Waals surface area contributed by atoms with Crippen LogP contribution in [0.5, 0.6) is 0 Å². The molecule has 3 fully saturated rings. The number of carbonyl (C=O) groups is 1. The van der Waals surface area contributed by atoms with E-state index in [-0.39, 0.29) is 11.7 Å². The fourth-order valence-corrected chi connectivity index (χ4v) is 3.51. The zero-order valence-electron chi connectivity index (χ0n) is 11.0. The molecule has 1 amide bonds. The summed E-state index contributed by atoms with van der Waals surface area (Å²) in [6, 6.07) is 0.510. The van der Waals surface area contributed by atoms with Gasteiger partial charge in [-0.1, -0.05) is 33.1 Å². The van der Waals surface area contributed by atoms with Gasteiger partial charge in [0.05, 0.1) is 11.7 Å². The van der Waals surface area contributed by atoms with Gasteiger partial charge in [-0.25, -0.2) is 0 Å². The quantitative estimate of drug-likeness (QED) is 0.797. The maximum absolute atomic E-state index is 12.6. The highest BCUT2D eigenvalue weighted by Gasteiger charge is 2.60. The van der Waals surface area contributed by atoms with E-state index < -0.39 is 0 Å². The van der Waals surface area contributed by atoms with E-state index in [2.05, 4.69) is 24.1 Å². The van der Waals surface area contributed by atoms with Crippen molar-refractivity contribution in [2.45, 2.75) is 76.5 Å². The summed E-state index contributed by atoms with van der Waals surface area (Å²) < 4.78 is 0. The molecule has 1 unspecified atom stereocenters. The van der Waals surface area contributed by atoms with Crippen LogP contribution >= 0.6 is 0 Å². The first kappa shape index (κ1) is 11.5. The predicted molar refractivity (Wildman–Crippen MR) is 67.4 cm³/mol. The third kappa shape index (κ3) is 1.79. The highest BCUT2D eigenvalue weighted by atomic mass is 16.2. The fraction of sp³-hybridized carbons (Fsp3) is 0.929. The Bertz CT molecular complexity index is 316. The summed E-state index contributed by atoms with van der Waals surface area (Å²) in [5.74, 6) is 0.920. The molecule has 0 radical (unpaired) electrons. The number of nitrogens with one attached hydrogen (secondary N) is 1. The normalized spacial score (nSPS) is 32.8. The minimum absolute atomic E-state index is 0.133. The zero-order valence-corrected chi connectivity index (χ0v) is 11.0. The van der Waals surface area contributed by atoms with Crippen molar-refractivity contribution in [2.24, 2.45) is 5.92 Å². The van der Waals surface area contributed by atoms with Crippen LogP contribution in [0.3, 0.4) is 0 Å². The van der Waals surface area contributed by atoms with Crippen LogP contribution in [-0.4, -0.2) is 28.6 Å². The lowest BCUT2D eigenvalue weighted by molar-refractivity contribution is -0.134. The third-order valence-corrected chi connectivity index (χ3v) is 4.72. The minimum Gasteiger partial charge on any atom is -0.322 e. The van der Waals surface area contributed by atoms with Crippen LogP contribution in [0.4, 0.5) is 0 Å². The molecule has 17 heavy (non-hydrogen) atoms. The van der Waals surface area contributed by atoms with Crippen LogP contribution < -0.4 is 5.32 Å². The molecule has 96 valence electrons. The SMILES string of the molecule is CC(C)C1NC2(CC2)C(=O)N1C1CCCCC1. The smallest absolute Gasteiger partial charge is 0.244 e. The van der Waals surface area contributed by atoms with Gasteiger partial charge in [-0.2, -0.15) is 0 Å². The van der Waals surface area contributed by atoms with Gasteiger partial charge in [0.25, 0.3) is 0 Å². The van der Waals surface area contributed by atoms with E-state index in [0.717, 1.165) is 12.8 Å². The van der Waals surface area contributed by atoms with Crippen molar-refractivity contribution in [3.8, 4) is 0 Å². The molecule has 1 atom stereocenters. The van der Waals surface area contributed by atoms with Crippen molar-refractivity contribution in [3.63, 3.8) is 0 Å². The van der Waals surface area contributed by atoms with Gasteiger partial charge in [0.1, 0.15) is 0 Å². The Labute approximate surface area is 104 Å². The average molecular weight is 236 g/mol. The number of amides is 1. The first-order valence-corrected chi connectivity index (χ1v) is 7.24. The second-order valence-corrected chi connectivity index (χ2v) is 6.42. The summed E-state index contributed by atoms with van der Waals surface area (Å²) in [6.45, 7) is 4.45. The Morgan fingerprint density at radius 2 is 1.88 bits per heavy atom. The molecular formula is C14H24N2O. The summed E-state index contributed by atoms with van der Waals surface area (Å²) in [4.78, 5) is 14.8. The lowest BCUT2D eigenvalue weighted by atomic mass is 9.93. The van der Waals surface area contributed by atoms with E-state index >= 15 is 0 Å².